The average molecular weight is 322 g/mol. The number of carbonyl (C=O) groups excluding carboxylic acids is 2. The molecule has 0 aliphatic carbocycles. The van der Waals surface area contributed by atoms with E-state index in [9.17, 15) is 14.0 Å². The lowest BCUT2D eigenvalue weighted by atomic mass is 10.2. The molecular formula is C16H13ClFNO3. The molecule has 1 N–H and O–H groups in total. The van der Waals surface area contributed by atoms with Gasteiger partial charge in [0.1, 0.15) is 5.82 Å². The Hall–Kier alpha value is -2.40. The second-order valence-corrected chi connectivity index (χ2v) is 4.99. The summed E-state index contributed by atoms with van der Waals surface area (Å²) in [5.74, 6) is -1.83. The molecule has 0 radical (unpaired) electrons. The molecule has 2 rings (SSSR count). The molecule has 2 aromatic carbocycles. The Morgan fingerprint density at radius 2 is 1.91 bits per heavy atom. The molecule has 22 heavy (non-hydrogen) atoms. The molecule has 114 valence electrons. The maximum Gasteiger partial charge on any atom is 0.339 e. The zero-order chi connectivity index (χ0) is 16.1. The average Bonchev–Trinajstić information content (AvgIpc) is 2.47. The van der Waals surface area contributed by atoms with Crippen molar-refractivity contribution in [3.63, 3.8) is 0 Å². The van der Waals surface area contributed by atoms with Crippen LogP contribution in [-0.4, -0.2) is 18.0 Å². The van der Waals surface area contributed by atoms with Gasteiger partial charge in [-0.25, -0.2) is 9.18 Å². The third-order valence-corrected chi connectivity index (χ3v) is 3.04. The van der Waals surface area contributed by atoms with E-state index in [1.54, 1.807) is 24.3 Å². The minimum Gasteiger partial charge on any atom is -0.449 e. The molecule has 1 amide bonds. The van der Waals surface area contributed by atoms with Gasteiger partial charge in [0.05, 0.1) is 5.56 Å². The summed E-state index contributed by atoms with van der Waals surface area (Å²) in [6.07, 6.45) is -1.03. The molecule has 0 spiro atoms. The van der Waals surface area contributed by atoms with Gasteiger partial charge in [0.25, 0.3) is 5.91 Å². The Labute approximate surface area is 131 Å². The number of ether oxygens (including phenoxy) is 1. The van der Waals surface area contributed by atoms with Crippen molar-refractivity contribution in [2.24, 2.45) is 0 Å². The number of hydrogen-bond acceptors (Lipinski definition) is 3. The first-order chi connectivity index (χ1) is 10.5. The van der Waals surface area contributed by atoms with E-state index >= 15 is 0 Å². The number of anilines is 1. The summed E-state index contributed by atoms with van der Waals surface area (Å²) in [4.78, 5) is 23.8. The quantitative estimate of drug-likeness (QED) is 0.874. The van der Waals surface area contributed by atoms with Gasteiger partial charge in [-0.05, 0) is 43.3 Å². The van der Waals surface area contributed by atoms with Crippen LogP contribution in [-0.2, 0) is 9.53 Å². The number of nitrogens with one attached hydrogen (secondary N) is 1. The second-order valence-electron chi connectivity index (χ2n) is 4.56. The molecule has 0 aromatic heterocycles. The molecule has 0 heterocycles. The largest absolute Gasteiger partial charge is 0.449 e. The standard InChI is InChI=1S/C16H13ClFNO3/c1-10(15(20)19-14-7-3-5-12(17)9-14)22-16(21)11-4-2-6-13(18)8-11/h2-10H,1H3,(H,19,20)/t10-/m0/s1. The van der Waals surface area contributed by atoms with Crippen molar-refractivity contribution in [3.05, 3.63) is 64.9 Å². The molecular weight excluding hydrogens is 309 g/mol. The zero-order valence-corrected chi connectivity index (χ0v) is 12.4. The second kappa shape index (κ2) is 7.04. The van der Waals surface area contributed by atoms with Crippen LogP contribution in [0.25, 0.3) is 0 Å². The summed E-state index contributed by atoms with van der Waals surface area (Å²) in [7, 11) is 0. The van der Waals surface area contributed by atoms with Crippen molar-refractivity contribution in [3.8, 4) is 0 Å². The lowest BCUT2D eigenvalue weighted by Crippen LogP contribution is -2.30. The normalized spacial score (nSPS) is 11.6. The fourth-order valence-corrected chi connectivity index (χ4v) is 1.90. The van der Waals surface area contributed by atoms with E-state index in [-0.39, 0.29) is 5.56 Å². The number of halogens is 2. The highest BCUT2D eigenvalue weighted by atomic mass is 35.5. The van der Waals surface area contributed by atoms with Crippen molar-refractivity contribution in [2.75, 3.05) is 5.32 Å². The van der Waals surface area contributed by atoms with Crippen LogP contribution < -0.4 is 5.32 Å². The summed E-state index contributed by atoms with van der Waals surface area (Å²) in [6, 6.07) is 11.6. The topological polar surface area (TPSA) is 55.4 Å². The molecule has 0 aliphatic heterocycles. The van der Waals surface area contributed by atoms with E-state index in [4.69, 9.17) is 16.3 Å². The molecule has 1 atom stereocenters. The van der Waals surface area contributed by atoms with Crippen molar-refractivity contribution >= 4 is 29.2 Å². The minimum absolute atomic E-state index is 0.0439. The number of amides is 1. The minimum atomic E-state index is -1.03. The van der Waals surface area contributed by atoms with Crippen LogP contribution in [0.15, 0.2) is 48.5 Å². The molecule has 0 saturated heterocycles. The van der Waals surface area contributed by atoms with Gasteiger partial charge in [-0.3, -0.25) is 4.79 Å². The summed E-state index contributed by atoms with van der Waals surface area (Å²) in [5.41, 5.74) is 0.536. The van der Waals surface area contributed by atoms with Crippen molar-refractivity contribution < 1.29 is 18.7 Å². The fourth-order valence-electron chi connectivity index (χ4n) is 1.71. The van der Waals surface area contributed by atoms with E-state index in [0.717, 1.165) is 6.07 Å². The van der Waals surface area contributed by atoms with Gasteiger partial charge >= 0.3 is 5.97 Å². The maximum absolute atomic E-state index is 13.0. The van der Waals surface area contributed by atoms with E-state index in [1.165, 1.54) is 25.1 Å². The number of esters is 1. The fraction of sp³-hybridized carbons (Fsp3) is 0.125. The predicted octanol–water partition coefficient (Wildman–Crippen LogP) is 3.66. The molecule has 4 nitrogen and oxygen atoms in total. The molecule has 2 aromatic rings. The van der Waals surface area contributed by atoms with Gasteiger partial charge in [0, 0.05) is 10.7 Å². The highest BCUT2D eigenvalue weighted by Crippen LogP contribution is 2.15. The first kappa shape index (κ1) is 16.0. The Bertz CT molecular complexity index is 705. The van der Waals surface area contributed by atoms with Crippen LogP contribution in [0.5, 0.6) is 0 Å². The monoisotopic (exact) mass is 321 g/mol. The van der Waals surface area contributed by atoms with Gasteiger partial charge in [-0.2, -0.15) is 0 Å². The first-order valence-electron chi connectivity index (χ1n) is 6.48. The van der Waals surface area contributed by atoms with E-state index in [2.05, 4.69) is 5.32 Å². The lowest BCUT2D eigenvalue weighted by Gasteiger charge is -2.13. The zero-order valence-electron chi connectivity index (χ0n) is 11.7. The van der Waals surface area contributed by atoms with Crippen LogP contribution in [0.2, 0.25) is 5.02 Å². The highest BCUT2D eigenvalue weighted by molar-refractivity contribution is 6.30. The SMILES string of the molecule is C[C@H](OC(=O)c1cccc(F)c1)C(=O)Nc1cccc(Cl)c1. The number of benzene rings is 2. The van der Waals surface area contributed by atoms with E-state index < -0.39 is 23.8 Å². The Morgan fingerprint density at radius 3 is 2.59 bits per heavy atom. The van der Waals surface area contributed by atoms with Crippen LogP contribution in [0, 0.1) is 5.82 Å². The van der Waals surface area contributed by atoms with Gasteiger partial charge in [0.15, 0.2) is 6.10 Å². The van der Waals surface area contributed by atoms with Crippen LogP contribution in [0.3, 0.4) is 0 Å². The predicted molar refractivity (Wildman–Crippen MR) is 81.4 cm³/mol. The van der Waals surface area contributed by atoms with Crippen LogP contribution in [0.1, 0.15) is 17.3 Å². The Balaban J connectivity index is 1.98. The molecule has 0 saturated carbocycles. The summed E-state index contributed by atoms with van der Waals surface area (Å²) in [6.45, 7) is 1.43. The summed E-state index contributed by atoms with van der Waals surface area (Å²) in [5, 5.41) is 3.05. The van der Waals surface area contributed by atoms with Crippen molar-refractivity contribution in [1.29, 1.82) is 0 Å². The molecule has 0 fully saturated rings. The highest BCUT2D eigenvalue weighted by Gasteiger charge is 2.19. The van der Waals surface area contributed by atoms with Gasteiger partial charge in [0.2, 0.25) is 0 Å². The van der Waals surface area contributed by atoms with Crippen molar-refractivity contribution in [1.82, 2.24) is 0 Å². The summed E-state index contributed by atoms with van der Waals surface area (Å²) >= 11 is 5.81. The number of hydrogen-bond donors (Lipinski definition) is 1. The van der Waals surface area contributed by atoms with Gasteiger partial charge in [-0.15, -0.1) is 0 Å². The molecule has 0 aliphatic rings. The maximum atomic E-state index is 13.0. The van der Waals surface area contributed by atoms with Crippen molar-refractivity contribution in [2.45, 2.75) is 13.0 Å². The lowest BCUT2D eigenvalue weighted by molar-refractivity contribution is -0.123. The van der Waals surface area contributed by atoms with Gasteiger partial charge < -0.3 is 10.1 Å². The van der Waals surface area contributed by atoms with E-state index in [1.807, 2.05) is 0 Å². The Morgan fingerprint density at radius 1 is 1.18 bits per heavy atom. The summed E-state index contributed by atoms with van der Waals surface area (Å²) < 4.78 is 18.1. The number of rotatable bonds is 4. The molecule has 0 unspecified atom stereocenters. The van der Waals surface area contributed by atoms with Crippen LogP contribution >= 0.6 is 11.6 Å². The smallest absolute Gasteiger partial charge is 0.339 e. The molecule has 0 bridgehead atoms. The number of carbonyl (C=O) groups is 2. The Kier molecular flexibility index (Phi) is 5.12. The third-order valence-electron chi connectivity index (χ3n) is 2.81. The first-order valence-corrected chi connectivity index (χ1v) is 6.86. The third kappa shape index (κ3) is 4.30. The van der Waals surface area contributed by atoms with Crippen LogP contribution in [0.4, 0.5) is 10.1 Å². The van der Waals surface area contributed by atoms with Gasteiger partial charge in [-0.1, -0.05) is 23.7 Å². The van der Waals surface area contributed by atoms with E-state index in [0.29, 0.717) is 10.7 Å². The molecule has 6 heteroatoms.